The minimum Gasteiger partial charge on any atom is -0.390 e. The molecule has 4 saturated heterocycles. The molecule has 4 heterocycles. The van der Waals surface area contributed by atoms with Crippen LogP contribution >= 0.6 is 0 Å². The first kappa shape index (κ1) is 37.2. The van der Waals surface area contributed by atoms with E-state index in [1.807, 2.05) is 20.8 Å². The molecule has 5 aliphatic carbocycles. The van der Waals surface area contributed by atoms with Crippen molar-refractivity contribution in [2.24, 2.45) is 50.7 Å². The molecule has 2 spiro atoms. The van der Waals surface area contributed by atoms with Gasteiger partial charge in [-0.15, -0.1) is 0 Å². The van der Waals surface area contributed by atoms with E-state index in [4.69, 9.17) is 23.7 Å². The quantitative estimate of drug-likeness (QED) is 0.337. The molecule has 5 saturated carbocycles. The number of hydrogen-bond acceptors (Lipinski definition) is 9. The molecule has 9 fully saturated rings. The van der Waals surface area contributed by atoms with Gasteiger partial charge >= 0.3 is 0 Å². The highest BCUT2D eigenvalue weighted by Crippen LogP contribution is 2.89. The number of morpholine rings is 1. The molecule has 0 bridgehead atoms. The van der Waals surface area contributed by atoms with Crippen molar-refractivity contribution in [2.75, 3.05) is 52.6 Å². The van der Waals surface area contributed by atoms with Gasteiger partial charge in [0.25, 0.3) is 0 Å². The lowest BCUT2D eigenvalue weighted by molar-refractivity contribution is -0.261. The lowest BCUT2D eigenvalue weighted by atomic mass is 9.41. The van der Waals surface area contributed by atoms with Gasteiger partial charge < -0.3 is 33.9 Å². The average Bonchev–Trinajstić information content (AvgIpc) is 3.67. The van der Waals surface area contributed by atoms with Crippen LogP contribution in [0.15, 0.2) is 0 Å². The van der Waals surface area contributed by atoms with Crippen molar-refractivity contribution in [3.63, 3.8) is 0 Å². The van der Waals surface area contributed by atoms with E-state index < -0.39 is 17.8 Å². The van der Waals surface area contributed by atoms with Gasteiger partial charge in [0.05, 0.1) is 62.4 Å². The van der Waals surface area contributed by atoms with Crippen LogP contribution < -0.4 is 0 Å². The van der Waals surface area contributed by atoms with E-state index in [-0.39, 0.29) is 46.4 Å². The van der Waals surface area contributed by atoms with E-state index in [2.05, 4.69) is 51.3 Å². The fraction of sp³-hybridized carbons (Fsp3) is 1.00. The first-order valence-electron chi connectivity index (χ1n) is 21.5. The van der Waals surface area contributed by atoms with Crippen LogP contribution in [-0.4, -0.2) is 127 Å². The summed E-state index contributed by atoms with van der Waals surface area (Å²) in [5, 5.41) is 23.8. The first-order chi connectivity index (χ1) is 24.4. The molecular weight excluding hydrogens is 656 g/mol. The number of aliphatic hydroxyl groups is 2. The van der Waals surface area contributed by atoms with E-state index >= 15 is 0 Å². The molecule has 4 aliphatic heterocycles. The Morgan fingerprint density at radius 2 is 1.67 bits per heavy atom. The predicted molar refractivity (Wildman–Crippen MR) is 199 cm³/mol. The summed E-state index contributed by atoms with van der Waals surface area (Å²) in [6.45, 7) is 27.6. The van der Waals surface area contributed by atoms with Crippen molar-refractivity contribution in [3.05, 3.63) is 0 Å². The van der Waals surface area contributed by atoms with Gasteiger partial charge in [-0.2, -0.15) is 0 Å². The van der Waals surface area contributed by atoms with Gasteiger partial charge in [-0.3, -0.25) is 9.80 Å². The summed E-state index contributed by atoms with van der Waals surface area (Å²) in [7, 11) is 0. The van der Waals surface area contributed by atoms with Crippen molar-refractivity contribution in [3.8, 4) is 0 Å². The second kappa shape index (κ2) is 12.1. The number of hydrogen-bond donors (Lipinski definition) is 2. The molecule has 9 nitrogen and oxygen atoms in total. The van der Waals surface area contributed by atoms with Crippen molar-refractivity contribution in [1.29, 1.82) is 0 Å². The van der Waals surface area contributed by atoms with Gasteiger partial charge in [0, 0.05) is 37.2 Å². The maximum absolute atomic E-state index is 12.7. The van der Waals surface area contributed by atoms with Crippen molar-refractivity contribution in [1.82, 2.24) is 9.80 Å². The summed E-state index contributed by atoms with van der Waals surface area (Å²) in [6, 6.07) is 0.612. The van der Waals surface area contributed by atoms with Crippen molar-refractivity contribution < 1.29 is 33.9 Å². The number of fused-ring (bicyclic) bond motifs is 4. The summed E-state index contributed by atoms with van der Waals surface area (Å²) in [4.78, 5) is 5.24. The van der Waals surface area contributed by atoms with E-state index in [0.29, 0.717) is 47.2 Å². The second-order valence-corrected chi connectivity index (χ2v) is 21.5. The normalized spacial score (nSPS) is 51.9. The van der Waals surface area contributed by atoms with Crippen LogP contribution in [0.25, 0.3) is 0 Å². The Hall–Kier alpha value is -0.360. The van der Waals surface area contributed by atoms with E-state index in [1.165, 1.54) is 38.5 Å². The van der Waals surface area contributed by atoms with Gasteiger partial charge in [0.15, 0.2) is 6.29 Å². The van der Waals surface area contributed by atoms with Gasteiger partial charge in [0.2, 0.25) is 0 Å². The zero-order valence-electron chi connectivity index (χ0n) is 34.0. The highest BCUT2D eigenvalue weighted by Gasteiger charge is 2.84. The minimum absolute atomic E-state index is 0.0175. The molecule has 14 atom stereocenters. The molecule has 9 aliphatic rings. The van der Waals surface area contributed by atoms with Gasteiger partial charge in [-0.05, 0) is 124 Å². The molecule has 52 heavy (non-hydrogen) atoms. The SMILES string of the molecule is CCO[C@@H](C1C[C@@H](C)[C@H]2C(O1)[C@H](O)[C@@]1(C)C3CC[C@H]4C(C)(C)[C@@H](O[C@H]5CN(C6(C)CN(C7COC7)C6)CCO5)CC[C@@]45C[C@@]35CC[C@]21C)C(C)(C)O. The predicted octanol–water partition coefficient (Wildman–Crippen LogP) is 5.49. The third kappa shape index (κ3) is 4.91. The zero-order chi connectivity index (χ0) is 36.9. The molecule has 0 aromatic rings. The zero-order valence-corrected chi connectivity index (χ0v) is 34.0. The monoisotopic (exact) mass is 729 g/mol. The molecule has 9 rings (SSSR count). The number of nitrogens with zero attached hydrogens (tertiary/aromatic N) is 2. The Morgan fingerprint density at radius 1 is 0.962 bits per heavy atom. The van der Waals surface area contributed by atoms with E-state index in [0.717, 1.165) is 58.8 Å². The van der Waals surface area contributed by atoms with Crippen molar-refractivity contribution >= 4 is 0 Å². The molecule has 3 unspecified atom stereocenters. The summed E-state index contributed by atoms with van der Waals surface area (Å²) in [5.74, 6) is 1.83. The standard InChI is InChI=1S/C43H72N2O7/c1-10-49-36(38(5,6)47)28-19-26(2)33-34(51-28)35(46)41(9)30-12-11-29-37(3,4)31(13-14-42(29)23-43(30,42)16-15-40(33,41)8)52-32-20-45(17-18-50-32)39(7)24-44(25-39)27-21-48-22-27/h26-36,46-47H,10-25H2,1-9H3/t26-,28?,29+,30?,31+,32+,33+,34?,35+,36+,40-,41-,42-,43+/m1/s1. The fourth-order valence-corrected chi connectivity index (χ4v) is 15.8. The minimum atomic E-state index is -1.01. The van der Waals surface area contributed by atoms with Gasteiger partial charge in [-0.1, -0.05) is 34.6 Å². The molecule has 296 valence electrons. The van der Waals surface area contributed by atoms with Crippen LogP contribution in [0.3, 0.4) is 0 Å². The number of likely N-dealkylation sites (tertiary alicyclic amines) is 1. The molecule has 2 N–H and O–H groups in total. The summed E-state index contributed by atoms with van der Waals surface area (Å²) >= 11 is 0. The van der Waals surface area contributed by atoms with E-state index in [1.54, 1.807) is 0 Å². The van der Waals surface area contributed by atoms with Crippen LogP contribution in [0.2, 0.25) is 0 Å². The first-order valence-corrected chi connectivity index (χ1v) is 21.5. The third-order valence-corrected chi connectivity index (χ3v) is 18.5. The Bertz CT molecular complexity index is 1380. The van der Waals surface area contributed by atoms with E-state index in [9.17, 15) is 10.2 Å². The highest BCUT2D eigenvalue weighted by molar-refractivity contribution is 5.33. The number of ether oxygens (including phenoxy) is 5. The van der Waals surface area contributed by atoms with Crippen LogP contribution in [0.1, 0.15) is 114 Å². The Balaban J connectivity index is 0.909. The van der Waals surface area contributed by atoms with Crippen molar-refractivity contribution in [2.45, 2.75) is 168 Å². The molecular formula is C43H72N2O7. The maximum atomic E-state index is 12.7. The van der Waals surface area contributed by atoms with Crippen LogP contribution in [-0.2, 0) is 23.7 Å². The Morgan fingerprint density at radius 3 is 2.35 bits per heavy atom. The van der Waals surface area contributed by atoms with Crippen LogP contribution in [0, 0.1) is 50.7 Å². The van der Waals surface area contributed by atoms with Gasteiger partial charge in [-0.25, -0.2) is 0 Å². The maximum Gasteiger partial charge on any atom is 0.170 e. The molecule has 0 aromatic carbocycles. The van der Waals surface area contributed by atoms with Crippen LogP contribution in [0.5, 0.6) is 0 Å². The number of aliphatic hydroxyl groups excluding tert-OH is 1. The molecule has 0 aromatic heterocycles. The topological polar surface area (TPSA) is 93.1 Å². The highest BCUT2D eigenvalue weighted by atomic mass is 16.7. The smallest absolute Gasteiger partial charge is 0.170 e. The summed E-state index contributed by atoms with van der Waals surface area (Å²) < 4.78 is 32.1. The summed E-state index contributed by atoms with van der Waals surface area (Å²) in [5.41, 5.74) is -0.281. The third-order valence-electron chi connectivity index (χ3n) is 18.5. The fourth-order valence-electron chi connectivity index (χ4n) is 15.8. The molecule has 9 heteroatoms. The largest absolute Gasteiger partial charge is 0.390 e. The number of rotatable bonds is 8. The molecule has 0 radical (unpaired) electrons. The average molecular weight is 729 g/mol. The Kier molecular flexibility index (Phi) is 8.65. The Labute approximate surface area is 314 Å². The lowest BCUT2D eigenvalue weighted by Crippen LogP contribution is -2.74. The van der Waals surface area contributed by atoms with Crippen LogP contribution in [0.4, 0.5) is 0 Å². The second-order valence-electron chi connectivity index (χ2n) is 21.5. The lowest BCUT2D eigenvalue weighted by Gasteiger charge is -2.64. The van der Waals surface area contributed by atoms with Gasteiger partial charge in [0.1, 0.15) is 6.10 Å². The molecule has 0 amide bonds. The summed E-state index contributed by atoms with van der Waals surface area (Å²) in [6.07, 6.45) is 8.04.